The number of anilines is 1. The first kappa shape index (κ1) is 13.0. The molecule has 3 N–H and O–H groups in total. The maximum absolute atomic E-state index is 11.2. The summed E-state index contributed by atoms with van der Waals surface area (Å²) in [6.07, 6.45) is 0.894. The van der Waals surface area contributed by atoms with Crippen molar-refractivity contribution in [3.63, 3.8) is 0 Å². The summed E-state index contributed by atoms with van der Waals surface area (Å²) >= 11 is 0. The highest BCUT2D eigenvalue weighted by atomic mass is 16.5. The van der Waals surface area contributed by atoms with Crippen LogP contribution in [0, 0.1) is 0 Å². The number of aryl methyl sites for hydroxylation is 1. The van der Waals surface area contributed by atoms with E-state index in [-0.39, 0.29) is 11.3 Å². The maximum atomic E-state index is 11.2. The van der Waals surface area contributed by atoms with Crippen molar-refractivity contribution in [2.45, 2.75) is 13.3 Å². The first-order valence-electron chi connectivity index (χ1n) is 5.99. The van der Waals surface area contributed by atoms with Crippen molar-refractivity contribution in [2.75, 3.05) is 5.73 Å². The third kappa shape index (κ3) is 3.04. The summed E-state index contributed by atoms with van der Waals surface area (Å²) < 4.78 is 5.63. The van der Waals surface area contributed by atoms with E-state index in [9.17, 15) is 4.79 Å². The number of aromatic carboxylic acids is 1. The molecule has 0 aromatic heterocycles. The molecule has 0 amide bonds. The molecule has 2 aromatic rings. The van der Waals surface area contributed by atoms with E-state index in [1.165, 1.54) is 6.07 Å². The van der Waals surface area contributed by atoms with Crippen molar-refractivity contribution in [1.82, 2.24) is 0 Å². The molecule has 0 atom stereocenters. The SMILES string of the molecule is CCc1cccc(Oc2ccc(N)cc2C(=O)O)c1. The number of carbonyl (C=O) groups is 1. The average molecular weight is 257 g/mol. The lowest BCUT2D eigenvalue weighted by Crippen LogP contribution is -2.01. The van der Waals surface area contributed by atoms with Gasteiger partial charge in [-0.2, -0.15) is 0 Å². The van der Waals surface area contributed by atoms with Gasteiger partial charge in [0.1, 0.15) is 17.1 Å². The largest absolute Gasteiger partial charge is 0.478 e. The quantitative estimate of drug-likeness (QED) is 0.824. The summed E-state index contributed by atoms with van der Waals surface area (Å²) in [7, 11) is 0. The molecule has 0 aliphatic carbocycles. The number of hydrogen-bond acceptors (Lipinski definition) is 3. The van der Waals surface area contributed by atoms with Gasteiger partial charge < -0.3 is 15.6 Å². The molecule has 0 spiro atoms. The molecule has 0 unspecified atom stereocenters. The summed E-state index contributed by atoms with van der Waals surface area (Å²) in [5.41, 5.74) is 7.17. The Morgan fingerprint density at radius 1 is 1.26 bits per heavy atom. The predicted molar refractivity (Wildman–Crippen MR) is 73.7 cm³/mol. The van der Waals surface area contributed by atoms with Crippen molar-refractivity contribution in [3.8, 4) is 11.5 Å². The van der Waals surface area contributed by atoms with Gasteiger partial charge >= 0.3 is 5.97 Å². The van der Waals surface area contributed by atoms with Crippen LogP contribution in [0.2, 0.25) is 0 Å². The van der Waals surface area contributed by atoms with Crippen molar-refractivity contribution >= 4 is 11.7 Å². The Bertz CT molecular complexity index is 608. The molecule has 19 heavy (non-hydrogen) atoms. The van der Waals surface area contributed by atoms with Gasteiger partial charge in [0.05, 0.1) is 0 Å². The topological polar surface area (TPSA) is 72.5 Å². The summed E-state index contributed by atoms with van der Waals surface area (Å²) in [6, 6.07) is 12.1. The van der Waals surface area contributed by atoms with Gasteiger partial charge in [-0.15, -0.1) is 0 Å². The van der Waals surface area contributed by atoms with Gasteiger partial charge in [-0.3, -0.25) is 0 Å². The van der Waals surface area contributed by atoms with Gasteiger partial charge in [-0.1, -0.05) is 19.1 Å². The maximum Gasteiger partial charge on any atom is 0.339 e. The molecule has 98 valence electrons. The van der Waals surface area contributed by atoms with Crippen molar-refractivity contribution < 1.29 is 14.6 Å². The number of hydrogen-bond donors (Lipinski definition) is 2. The first-order chi connectivity index (χ1) is 9.10. The van der Waals surface area contributed by atoms with Crippen LogP contribution in [0.5, 0.6) is 11.5 Å². The highest BCUT2D eigenvalue weighted by Gasteiger charge is 2.12. The van der Waals surface area contributed by atoms with Crippen molar-refractivity contribution in [1.29, 1.82) is 0 Å². The molecular formula is C15H15NO3. The van der Waals surface area contributed by atoms with Crippen LogP contribution in [-0.2, 0) is 6.42 Å². The number of ether oxygens (including phenoxy) is 1. The fourth-order valence-electron chi connectivity index (χ4n) is 1.76. The minimum absolute atomic E-state index is 0.0573. The van der Waals surface area contributed by atoms with Gasteiger partial charge in [-0.05, 0) is 42.3 Å². The molecule has 0 saturated heterocycles. The standard InChI is InChI=1S/C15H15NO3/c1-2-10-4-3-5-12(8-10)19-14-7-6-11(16)9-13(14)15(17)18/h3-9H,2,16H2,1H3,(H,17,18). The third-order valence-corrected chi connectivity index (χ3v) is 2.77. The van der Waals surface area contributed by atoms with Crippen LogP contribution in [0.25, 0.3) is 0 Å². The number of nitrogen functional groups attached to an aromatic ring is 1. The predicted octanol–water partition coefficient (Wildman–Crippen LogP) is 3.32. The Morgan fingerprint density at radius 2 is 2.05 bits per heavy atom. The summed E-state index contributed by atoms with van der Waals surface area (Å²) in [4.78, 5) is 11.2. The Morgan fingerprint density at radius 3 is 2.74 bits per heavy atom. The van der Waals surface area contributed by atoms with Crippen LogP contribution in [0.4, 0.5) is 5.69 Å². The lowest BCUT2D eigenvalue weighted by Gasteiger charge is -2.10. The number of carboxylic acids is 1. The van der Waals surface area contributed by atoms with Crippen molar-refractivity contribution in [3.05, 3.63) is 53.6 Å². The van der Waals surface area contributed by atoms with E-state index in [1.54, 1.807) is 18.2 Å². The van der Waals surface area contributed by atoms with Crippen LogP contribution in [0.1, 0.15) is 22.8 Å². The van der Waals surface area contributed by atoms with Gasteiger partial charge in [0.2, 0.25) is 0 Å². The van der Waals surface area contributed by atoms with E-state index < -0.39 is 5.97 Å². The zero-order valence-electron chi connectivity index (χ0n) is 10.6. The van der Waals surface area contributed by atoms with E-state index >= 15 is 0 Å². The molecule has 4 nitrogen and oxygen atoms in total. The first-order valence-corrected chi connectivity index (χ1v) is 5.99. The molecule has 0 heterocycles. The van der Waals surface area contributed by atoms with Crippen LogP contribution < -0.4 is 10.5 Å². The highest BCUT2D eigenvalue weighted by molar-refractivity contribution is 5.92. The lowest BCUT2D eigenvalue weighted by atomic mass is 10.1. The average Bonchev–Trinajstić information content (AvgIpc) is 2.41. The second kappa shape index (κ2) is 5.44. The van der Waals surface area contributed by atoms with Crippen LogP contribution >= 0.6 is 0 Å². The Kier molecular flexibility index (Phi) is 3.71. The van der Waals surface area contributed by atoms with Crippen LogP contribution in [0.15, 0.2) is 42.5 Å². The van der Waals surface area contributed by atoms with E-state index in [4.69, 9.17) is 15.6 Å². The molecule has 2 rings (SSSR count). The van der Waals surface area contributed by atoms with E-state index in [2.05, 4.69) is 0 Å². The van der Waals surface area contributed by atoms with Gasteiger partial charge in [0, 0.05) is 5.69 Å². The van der Waals surface area contributed by atoms with E-state index in [1.807, 2.05) is 25.1 Å². The molecular weight excluding hydrogens is 242 g/mol. The van der Waals surface area contributed by atoms with Crippen LogP contribution in [-0.4, -0.2) is 11.1 Å². The molecule has 0 radical (unpaired) electrons. The molecule has 4 heteroatoms. The summed E-state index contributed by atoms with van der Waals surface area (Å²) in [5, 5.41) is 9.13. The smallest absolute Gasteiger partial charge is 0.339 e. The Hall–Kier alpha value is -2.49. The summed E-state index contributed by atoms with van der Waals surface area (Å²) in [6.45, 7) is 2.05. The molecule has 0 aliphatic rings. The Labute approximate surface area is 111 Å². The fraction of sp³-hybridized carbons (Fsp3) is 0.133. The second-order valence-corrected chi connectivity index (χ2v) is 4.16. The second-order valence-electron chi connectivity index (χ2n) is 4.16. The number of rotatable bonds is 4. The highest BCUT2D eigenvalue weighted by Crippen LogP contribution is 2.27. The monoisotopic (exact) mass is 257 g/mol. The minimum atomic E-state index is -1.06. The normalized spacial score (nSPS) is 10.2. The summed E-state index contributed by atoms with van der Waals surface area (Å²) in [5.74, 6) is -0.157. The van der Waals surface area contributed by atoms with Crippen LogP contribution in [0.3, 0.4) is 0 Å². The molecule has 0 aliphatic heterocycles. The number of nitrogens with two attached hydrogens (primary N) is 1. The zero-order chi connectivity index (χ0) is 13.8. The lowest BCUT2D eigenvalue weighted by molar-refractivity contribution is 0.0694. The fourth-order valence-corrected chi connectivity index (χ4v) is 1.76. The molecule has 0 saturated carbocycles. The third-order valence-electron chi connectivity index (χ3n) is 2.77. The molecule has 0 fully saturated rings. The van der Waals surface area contributed by atoms with Gasteiger partial charge in [0.15, 0.2) is 0 Å². The number of carboxylic acid groups (broad SMARTS) is 1. The molecule has 2 aromatic carbocycles. The van der Waals surface area contributed by atoms with Crippen molar-refractivity contribution in [2.24, 2.45) is 0 Å². The van der Waals surface area contributed by atoms with Gasteiger partial charge in [-0.25, -0.2) is 4.79 Å². The Balaban J connectivity index is 2.34. The zero-order valence-corrected chi connectivity index (χ0v) is 10.6. The van der Waals surface area contributed by atoms with E-state index in [0.717, 1.165) is 12.0 Å². The van der Waals surface area contributed by atoms with E-state index in [0.29, 0.717) is 11.4 Å². The molecule has 0 bridgehead atoms. The van der Waals surface area contributed by atoms with Gasteiger partial charge in [0.25, 0.3) is 0 Å². The minimum Gasteiger partial charge on any atom is -0.478 e. The number of benzene rings is 2.